The number of benzene rings is 3. The highest BCUT2D eigenvalue weighted by molar-refractivity contribution is 9.10. The largest absolute Gasteiger partial charge is 0.345 e. The molecule has 4 aromatic rings. The molecule has 0 aliphatic heterocycles. The zero-order valence-corrected chi connectivity index (χ0v) is 20.4. The smallest absolute Gasteiger partial charge is 0.266 e. The minimum absolute atomic E-state index is 0.224. The van der Waals surface area contributed by atoms with Gasteiger partial charge >= 0.3 is 0 Å². The van der Waals surface area contributed by atoms with Crippen LogP contribution in [0.1, 0.15) is 28.9 Å². The molecule has 0 saturated carbocycles. The molecule has 0 spiro atoms. The van der Waals surface area contributed by atoms with E-state index >= 15 is 0 Å². The van der Waals surface area contributed by atoms with E-state index < -0.39 is 17.2 Å². The van der Waals surface area contributed by atoms with Gasteiger partial charge in [-0.25, -0.2) is 8.51 Å². The number of nitrogens with zero attached hydrogens (tertiary/aromatic N) is 3. The quantitative estimate of drug-likeness (QED) is 0.298. The number of fused-ring (bicyclic) bond motifs is 1. The van der Waals surface area contributed by atoms with Crippen molar-refractivity contribution in [2.45, 2.75) is 13.0 Å². The molecule has 2 N–H and O–H groups in total. The average molecular weight is 546 g/mol. The molecule has 2 unspecified atom stereocenters. The van der Waals surface area contributed by atoms with Gasteiger partial charge in [-0.2, -0.15) is 0 Å². The minimum Gasteiger partial charge on any atom is -0.345 e. The molecule has 0 aliphatic rings. The van der Waals surface area contributed by atoms with Gasteiger partial charge in [0.2, 0.25) is 0 Å². The maximum absolute atomic E-state index is 13.3. The lowest BCUT2D eigenvalue weighted by Crippen LogP contribution is -2.29. The molecule has 7 nitrogen and oxygen atoms in total. The number of halogens is 2. The zero-order valence-electron chi connectivity index (χ0n) is 17.3. The molecule has 3 aromatic carbocycles. The van der Waals surface area contributed by atoms with E-state index in [2.05, 4.69) is 31.2 Å². The van der Waals surface area contributed by atoms with Crippen molar-refractivity contribution >= 4 is 67.1 Å². The Kier molecular flexibility index (Phi) is 7.04. The summed E-state index contributed by atoms with van der Waals surface area (Å²) in [5.74, 6) is -0.401. The van der Waals surface area contributed by atoms with Gasteiger partial charge in [-0.1, -0.05) is 45.7 Å². The summed E-state index contributed by atoms with van der Waals surface area (Å²) in [6, 6.07) is 16.9. The Labute approximate surface area is 206 Å². The summed E-state index contributed by atoms with van der Waals surface area (Å²) < 4.78 is 24.6. The average Bonchev–Trinajstić information content (AvgIpc) is 2.79. The third kappa shape index (κ3) is 5.06. The van der Waals surface area contributed by atoms with E-state index in [9.17, 15) is 13.6 Å². The first-order valence-corrected chi connectivity index (χ1v) is 12.1. The molecule has 0 bridgehead atoms. The van der Waals surface area contributed by atoms with Crippen molar-refractivity contribution in [2.24, 2.45) is 0 Å². The molecule has 33 heavy (non-hydrogen) atoms. The Morgan fingerprint density at radius 2 is 1.82 bits per heavy atom. The van der Waals surface area contributed by atoms with Crippen LogP contribution >= 0.6 is 27.5 Å². The van der Waals surface area contributed by atoms with Crippen LogP contribution < -0.4 is 9.62 Å². The molecule has 4 rings (SSSR count). The van der Waals surface area contributed by atoms with Crippen LogP contribution in [-0.4, -0.2) is 24.6 Å². The number of anilines is 2. The van der Waals surface area contributed by atoms with Crippen molar-refractivity contribution in [1.82, 2.24) is 15.3 Å². The van der Waals surface area contributed by atoms with Gasteiger partial charge in [0.05, 0.1) is 28.5 Å². The van der Waals surface area contributed by atoms with Crippen molar-refractivity contribution in [2.75, 3.05) is 4.31 Å². The highest BCUT2D eigenvalue weighted by Crippen LogP contribution is 2.35. The lowest BCUT2D eigenvalue weighted by Gasteiger charge is -2.24. The first kappa shape index (κ1) is 23.3. The van der Waals surface area contributed by atoms with Gasteiger partial charge in [-0.05, 0) is 55.0 Å². The molecule has 0 radical (unpaired) electrons. The second-order valence-corrected chi connectivity index (χ2v) is 9.31. The monoisotopic (exact) mass is 544 g/mol. The number of nitrogens with one attached hydrogen (secondary N) is 1. The fraction of sp³-hybridized carbons (Fsp3) is 0.0870. The van der Waals surface area contributed by atoms with Gasteiger partial charge in [-0.15, -0.1) is 0 Å². The molecular weight excluding hydrogens is 528 g/mol. The van der Waals surface area contributed by atoms with Crippen LogP contribution in [-0.2, 0) is 11.3 Å². The number of aromatic nitrogens is 2. The van der Waals surface area contributed by atoms with Crippen LogP contribution in [0.15, 0.2) is 77.5 Å². The number of hydrogen-bond acceptors (Lipinski definition) is 4. The first-order chi connectivity index (χ1) is 15.8. The van der Waals surface area contributed by atoms with Crippen molar-refractivity contribution in [3.05, 3.63) is 93.7 Å². The number of hydrogen-bond donors (Lipinski definition) is 2. The van der Waals surface area contributed by atoms with E-state index in [1.165, 1.54) is 6.20 Å². The van der Waals surface area contributed by atoms with Crippen molar-refractivity contribution < 1.29 is 13.6 Å². The maximum atomic E-state index is 13.3. The highest BCUT2D eigenvalue weighted by Gasteiger charge is 2.25. The molecule has 1 aromatic heterocycles. The van der Waals surface area contributed by atoms with E-state index in [-0.39, 0.29) is 17.3 Å². The van der Waals surface area contributed by atoms with E-state index in [4.69, 9.17) is 11.6 Å². The third-order valence-corrected chi connectivity index (χ3v) is 6.44. The second kappa shape index (κ2) is 9.96. The Morgan fingerprint density at radius 3 is 2.55 bits per heavy atom. The van der Waals surface area contributed by atoms with Crippen LogP contribution in [0.5, 0.6) is 0 Å². The Morgan fingerprint density at radius 1 is 1.09 bits per heavy atom. The van der Waals surface area contributed by atoms with Crippen LogP contribution in [0, 0.1) is 0 Å². The van der Waals surface area contributed by atoms with Crippen LogP contribution in [0.2, 0.25) is 5.02 Å². The SMILES string of the molecule is CC(NC(=O)c1ccc(Br)cc1N(c1cccc2nccnc12)S(=O)O)c1ccc(Cl)cc1. The molecule has 0 aliphatic carbocycles. The second-order valence-electron chi connectivity index (χ2n) is 7.13. The number of carbonyl (C=O) groups is 1. The lowest BCUT2D eigenvalue weighted by atomic mass is 10.1. The van der Waals surface area contributed by atoms with Gasteiger partial charge in [0, 0.05) is 21.9 Å². The molecule has 0 saturated heterocycles. The van der Waals surface area contributed by atoms with Gasteiger partial charge in [0.25, 0.3) is 17.2 Å². The van der Waals surface area contributed by atoms with E-state index in [1.54, 1.807) is 54.7 Å². The van der Waals surface area contributed by atoms with Gasteiger partial charge in [-0.3, -0.25) is 19.3 Å². The Balaban J connectivity index is 1.77. The van der Waals surface area contributed by atoms with E-state index in [0.717, 1.165) is 9.87 Å². The molecule has 168 valence electrons. The summed E-state index contributed by atoms with van der Waals surface area (Å²) in [5, 5.41) is 3.55. The first-order valence-electron chi connectivity index (χ1n) is 9.82. The highest BCUT2D eigenvalue weighted by atomic mass is 79.9. The van der Waals surface area contributed by atoms with Crippen molar-refractivity contribution in [3.63, 3.8) is 0 Å². The number of amides is 1. The third-order valence-electron chi connectivity index (χ3n) is 4.99. The maximum Gasteiger partial charge on any atom is 0.266 e. The number of carbonyl (C=O) groups excluding carboxylic acids is 1. The molecule has 0 fully saturated rings. The van der Waals surface area contributed by atoms with Gasteiger partial charge in [0.15, 0.2) is 0 Å². The molecule has 1 heterocycles. The van der Waals surface area contributed by atoms with Gasteiger partial charge < -0.3 is 5.32 Å². The summed E-state index contributed by atoms with van der Waals surface area (Å²) in [7, 11) is 0. The molecule has 2 atom stereocenters. The van der Waals surface area contributed by atoms with Crippen LogP contribution in [0.4, 0.5) is 11.4 Å². The van der Waals surface area contributed by atoms with Crippen molar-refractivity contribution in [3.8, 4) is 0 Å². The topological polar surface area (TPSA) is 95.4 Å². The number of para-hydroxylation sites is 1. The zero-order chi connectivity index (χ0) is 23.5. The predicted molar refractivity (Wildman–Crippen MR) is 134 cm³/mol. The molecule has 1 amide bonds. The van der Waals surface area contributed by atoms with E-state index in [1.807, 2.05) is 19.1 Å². The fourth-order valence-electron chi connectivity index (χ4n) is 3.41. The summed E-state index contributed by atoms with van der Waals surface area (Å²) in [4.78, 5) is 21.9. The van der Waals surface area contributed by atoms with Gasteiger partial charge in [0.1, 0.15) is 5.52 Å². The van der Waals surface area contributed by atoms with Crippen LogP contribution in [0.3, 0.4) is 0 Å². The molecular formula is C23H18BrClN4O3S. The lowest BCUT2D eigenvalue weighted by molar-refractivity contribution is 0.0940. The standard InChI is InChI=1S/C23H18BrClN4O3S/c1-14(15-5-8-17(25)9-6-15)28-23(30)18-10-7-16(24)13-21(18)29(33(31)32)20-4-2-3-19-22(20)27-12-11-26-19/h2-14H,1H3,(H,28,30)(H,31,32). The van der Waals surface area contributed by atoms with E-state index in [0.29, 0.717) is 26.2 Å². The summed E-state index contributed by atoms with van der Waals surface area (Å²) in [6.07, 6.45) is 3.05. The Hall–Kier alpha value is -2.85. The number of rotatable bonds is 6. The van der Waals surface area contributed by atoms with Crippen LogP contribution in [0.25, 0.3) is 11.0 Å². The summed E-state index contributed by atoms with van der Waals surface area (Å²) in [5.41, 5.74) is 2.68. The Bertz CT molecular complexity index is 1350. The summed E-state index contributed by atoms with van der Waals surface area (Å²) in [6.45, 7) is 1.85. The fourth-order valence-corrected chi connectivity index (χ4v) is 4.52. The van der Waals surface area contributed by atoms with Crippen molar-refractivity contribution in [1.29, 1.82) is 0 Å². The predicted octanol–water partition coefficient (Wildman–Crippen LogP) is 5.81. The minimum atomic E-state index is -2.50. The normalized spacial score (nSPS) is 12.8. The summed E-state index contributed by atoms with van der Waals surface area (Å²) >= 11 is 6.86. The molecule has 10 heteroatoms.